The third-order valence-corrected chi connectivity index (χ3v) is 7.39. The number of esters is 1. The van der Waals surface area contributed by atoms with Crippen LogP contribution in [-0.4, -0.2) is 54.1 Å². The molecule has 0 aliphatic carbocycles. The topological polar surface area (TPSA) is 118 Å². The zero-order chi connectivity index (χ0) is 26.0. The van der Waals surface area contributed by atoms with Crippen molar-refractivity contribution in [1.29, 1.82) is 0 Å². The lowest BCUT2D eigenvalue weighted by atomic mass is 9.84. The molecule has 0 spiro atoms. The molecule has 1 aromatic heterocycles. The molecule has 9 nitrogen and oxygen atoms in total. The molecule has 2 N–H and O–H groups in total. The van der Waals surface area contributed by atoms with Crippen LogP contribution in [0.1, 0.15) is 35.2 Å². The predicted molar refractivity (Wildman–Crippen MR) is 134 cm³/mol. The van der Waals surface area contributed by atoms with Gasteiger partial charge in [0.25, 0.3) is 5.91 Å². The minimum absolute atomic E-state index is 0.186. The van der Waals surface area contributed by atoms with Gasteiger partial charge in [0.15, 0.2) is 0 Å². The van der Waals surface area contributed by atoms with Crippen LogP contribution in [0.25, 0.3) is 22.3 Å². The number of carbonyl (C=O) groups excluding carboxylic acids is 2. The van der Waals surface area contributed by atoms with Crippen LogP contribution in [0.5, 0.6) is 0 Å². The quantitative estimate of drug-likeness (QED) is 0.326. The third-order valence-electron chi connectivity index (χ3n) is 6.50. The molecule has 192 valence electrons. The summed E-state index contributed by atoms with van der Waals surface area (Å²) in [7, 11) is -0.131. The van der Waals surface area contributed by atoms with Crippen LogP contribution in [-0.2, 0) is 20.4 Å². The van der Waals surface area contributed by atoms with Crippen molar-refractivity contribution in [2.45, 2.75) is 19.3 Å². The normalized spacial score (nSPS) is 17.8. The van der Waals surface area contributed by atoms with Crippen LogP contribution in [0, 0.1) is 11.7 Å². The summed E-state index contributed by atoms with van der Waals surface area (Å²) < 4.78 is 50.1. The van der Waals surface area contributed by atoms with Gasteiger partial charge in [0.1, 0.15) is 17.2 Å². The lowest BCUT2D eigenvalue weighted by Gasteiger charge is -2.31. The van der Waals surface area contributed by atoms with Gasteiger partial charge in [-0.25, -0.2) is 12.8 Å². The smallest absolute Gasteiger partial charge is 0.309 e. The Hall–Kier alpha value is -3.44. The minimum Gasteiger partial charge on any atom is -0.469 e. The summed E-state index contributed by atoms with van der Waals surface area (Å²) in [5, 5.41) is 6.35. The number of anilines is 1. The Morgan fingerprint density at radius 2 is 1.94 bits per heavy atom. The van der Waals surface area contributed by atoms with Gasteiger partial charge in [-0.15, -0.1) is 0 Å². The average molecular weight is 518 g/mol. The Balaban J connectivity index is 1.96. The van der Waals surface area contributed by atoms with Crippen molar-refractivity contribution in [2.24, 2.45) is 5.92 Å². The number of rotatable bonds is 7. The molecule has 2 atom stereocenters. The molecule has 36 heavy (non-hydrogen) atoms. The highest BCUT2D eigenvalue weighted by Crippen LogP contribution is 2.41. The van der Waals surface area contributed by atoms with Crippen molar-refractivity contribution in [3.8, 4) is 11.3 Å². The van der Waals surface area contributed by atoms with Crippen molar-refractivity contribution in [3.05, 3.63) is 53.3 Å². The number of thiol groups is 1. The number of benzene rings is 2. The maximum absolute atomic E-state index is 13.5. The molecule has 4 rings (SSSR count). The molecular formula is C25H28FN3O6S. The van der Waals surface area contributed by atoms with E-state index in [1.807, 2.05) is 0 Å². The van der Waals surface area contributed by atoms with E-state index in [4.69, 9.17) is 9.15 Å². The Morgan fingerprint density at radius 3 is 2.56 bits per heavy atom. The number of hydrogen-bond acceptors (Lipinski definition) is 7. The van der Waals surface area contributed by atoms with Crippen LogP contribution in [0.3, 0.4) is 0 Å². The van der Waals surface area contributed by atoms with Gasteiger partial charge in [0, 0.05) is 43.7 Å². The van der Waals surface area contributed by atoms with Crippen LogP contribution in [0.4, 0.5) is 10.1 Å². The van der Waals surface area contributed by atoms with Gasteiger partial charge in [0.2, 0.25) is 10.9 Å². The van der Waals surface area contributed by atoms with Crippen molar-refractivity contribution in [1.82, 2.24) is 10.6 Å². The number of fused-ring (bicyclic) bond motifs is 1. The van der Waals surface area contributed by atoms with E-state index >= 15 is 0 Å². The first-order valence-corrected chi connectivity index (χ1v) is 12.7. The van der Waals surface area contributed by atoms with E-state index < -0.39 is 28.5 Å². The first-order chi connectivity index (χ1) is 17.3. The summed E-state index contributed by atoms with van der Waals surface area (Å²) in [6, 6.07) is 8.95. The van der Waals surface area contributed by atoms with Gasteiger partial charge >= 0.3 is 5.97 Å². The second-order valence-corrected chi connectivity index (χ2v) is 9.52. The molecule has 2 heterocycles. The van der Waals surface area contributed by atoms with E-state index in [0.717, 1.165) is 0 Å². The fourth-order valence-electron chi connectivity index (χ4n) is 4.75. The minimum atomic E-state index is -2.96. The summed E-state index contributed by atoms with van der Waals surface area (Å²) >= 11 is 0. The van der Waals surface area contributed by atoms with Crippen molar-refractivity contribution in [2.75, 3.05) is 38.1 Å². The standard InChI is InChI=1S/C25H28FN3O6S/c1-4-29(36(32)33)20-11-21-19(10-18(20)15-9-16(13-28-12-15)25(31)34-3)22(24(30)27-2)23(35-21)14-5-7-17(26)8-6-14/h5-8,10-11,15-16,28,36H,4,9,12-13H2,1-3H3,(H,27,30). The largest absolute Gasteiger partial charge is 0.469 e. The van der Waals surface area contributed by atoms with Gasteiger partial charge in [0.05, 0.1) is 24.3 Å². The SMILES string of the molecule is CCN(c1cc2oc(-c3ccc(F)cc3)c(C(=O)NC)c2cc1C1CNCC(C(=O)OC)C1)[SH](=O)=O. The molecule has 1 saturated heterocycles. The van der Waals surface area contributed by atoms with Gasteiger partial charge in [-0.05, 0) is 55.2 Å². The highest BCUT2D eigenvalue weighted by Gasteiger charge is 2.32. The number of carbonyl (C=O) groups is 2. The summed E-state index contributed by atoms with van der Waals surface area (Å²) in [5.41, 5.74) is 2.16. The van der Waals surface area contributed by atoms with Gasteiger partial charge in [-0.2, -0.15) is 0 Å². The van der Waals surface area contributed by atoms with Crippen molar-refractivity contribution < 1.29 is 31.6 Å². The average Bonchev–Trinajstić information content (AvgIpc) is 3.26. The van der Waals surface area contributed by atoms with E-state index in [9.17, 15) is 22.4 Å². The Labute approximate surface area is 209 Å². The van der Waals surface area contributed by atoms with Gasteiger partial charge in [-0.1, -0.05) is 0 Å². The van der Waals surface area contributed by atoms with Crippen molar-refractivity contribution in [3.63, 3.8) is 0 Å². The number of nitrogens with zero attached hydrogens (tertiary/aromatic N) is 1. The number of piperidine rings is 1. The fourth-order valence-corrected chi connectivity index (χ4v) is 5.33. The fraction of sp³-hybridized carbons (Fsp3) is 0.360. The molecule has 1 aliphatic rings. The summed E-state index contributed by atoms with van der Waals surface area (Å²) in [6.45, 7) is 2.87. The number of methoxy groups -OCH3 is 1. The number of furan rings is 1. The van der Waals surface area contributed by atoms with Gasteiger partial charge < -0.3 is 19.8 Å². The molecule has 1 fully saturated rings. The molecule has 2 aromatic carbocycles. The molecule has 11 heteroatoms. The zero-order valence-corrected chi connectivity index (χ0v) is 21.1. The van der Waals surface area contributed by atoms with E-state index in [-0.39, 0.29) is 29.8 Å². The molecule has 0 radical (unpaired) electrons. The number of ether oxygens (including phenoxy) is 1. The van der Waals surface area contributed by atoms with Crippen LogP contribution in [0.2, 0.25) is 0 Å². The second kappa shape index (κ2) is 10.7. The Bertz CT molecular complexity index is 1360. The molecule has 0 saturated carbocycles. The molecule has 1 aliphatic heterocycles. The molecule has 2 unspecified atom stereocenters. The Morgan fingerprint density at radius 1 is 1.22 bits per heavy atom. The molecular weight excluding hydrogens is 489 g/mol. The lowest BCUT2D eigenvalue weighted by Crippen LogP contribution is -2.39. The monoisotopic (exact) mass is 517 g/mol. The van der Waals surface area contributed by atoms with Crippen LogP contribution < -0.4 is 14.9 Å². The number of hydrogen-bond donors (Lipinski definition) is 3. The molecule has 3 aromatic rings. The van der Waals surface area contributed by atoms with Crippen LogP contribution in [0.15, 0.2) is 40.8 Å². The summed E-state index contributed by atoms with van der Waals surface area (Å²) in [6.07, 6.45) is 0.448. The number of nitrogens with one attached hydrogen (secondary N) is 2. The Kier molecular flexibility index (Phi) is 7.60. The highest BCUT2D eigenvalue weighted by molar-refractivity contribution is 7.74. The second-order valence-electron chi connectivity index (χ2n) is 8.56. The zero-order valence-electron chi connectivity index (χ0n) is 20.2. The summed E-state index contributed by atoms with van der Waals surface area (Å²) in [5.74, 6) is -1.55. The van der Waals surface area contributed by atoms with Crippen molar-refractivity contribution >= 4 is 39.4 Å². The number of amides is 1. The van der Waals surface area contributed by atoms with E-state index in [1.165, 1.54) is 42.7 Å². The first-order valence-electron chi connectivity index (χ1n) is 11.6. The van der Waals surface area contributed by atoms with E-state index in [1.54, 1.807) is 19.1 Å². The first kappa shape index (κ1) is 25.6. The maximum atomic E-state index is 13.5. The van der Waals surface area contributed by atoms with Gasteiger partial charge in [-0.3, -0.25) is 13.9 Å². The third kappa shape index (κ3) is 4.80. The van der Waals surface area contributed by atoms with E-state index in [2.05, 4.69) is 10.6 Å². The lowest BCUT2D eigenvalue weighted by molar-refractivity contribution is -0.146. The number of halogens is 1. The van der Waals surface area contributed by atoms with E-state index in [0.29, 0.717) is 47.3 Å². The maximum Gasteiger partial charge on any atom is 0.309 e. The van der Waals surface area contributed by atoms with Crippen LogP contribution >= 0.6 is 0 Å². The molecule has 1 amide bonds. The highest BCUT2D eigenvalue weighted by atomic mass is 32.2. The molecule has 0 bridgehead atoms. The predicted octanol–water partition coefficient (Wildman–Crippen LogP) is 2.82. The summed E-state index contributed by atoms with van der Waals surface area (Å²) in [4.78, 5) is 25.2.